The molecule has 0 rings (SSSR count). The van der Waals surface area contributed by atoms with Gasteiger partial charge >= 0.3 is 5.97 Å². The zero-order chi connectivity index (χ0) is 20.0. The van der Waals surface area contributed by atoms with E-state index in [9.17, 15) is 4.79 Å². The van der Waals surface area contributed by atoms with Crippen molar-refractivity contribution in [1.82, 2.24) is 0 Å². The minimum atomic E-state index is -0.479. The lowest BCUT2D eigenvalue weighted by atomic mass is 10.0. The van der Waals surface area contributed by atoms with Crippen LogP contribution < -0.4 is 11.5 Å². The molecular formula is C23H48N2O2. The molecule has 0 aliphatic carbocycles. The Kier molecular flexibility index (Phi) is 21.2. The molecular weight excluding hydrogens is 336 g/mol. The molecule has 4 N–H and O–H groups in total. The standard InChI is InChI=1S/C23H48N2O2/c1-2-3-4-5-6-7-8-9-10-11-12-13-14-15-18-21-27-23(26)22(25)19-16-17-20-24/h22H,2-21,24-25H2,1H3. The van der Waals surface area contributed by atoms with Gasteiger partial charge in [-0.2, -0.15) is 0 Å². The van der Waals surface area contributed by atoms with E-state index in [1.807, 2.05) is 0 Å². The summed E-state index contributed by atoms with van der Waals surface area (Å²) in [5.74, 6) is -0.252. The van der Waals surface area contributed by atoms with Crippen LogP contribution >= 0.6 is 0 Å². The van der Waals surface area contributed by atoms with E-state index in [0.29, 0.717) is 19.6 Å². The molecule has 0 radical (unpaired) electrons. The fraction of sp³-hybridized carbons (Fsp3) is 0.957. The first kappa shape index (κ1) is 26.4. The molecule has 0 fully saturated rings. The minimum absolute atomic E-state index is 0.252. The van der Waals surface area contributed by atoms with E-state index < -0.39 is 6.04 Å². The molecule has 0 aliphatic heterocycles. The van der Waals surface area contributed by atoms with Crippen LogP contribution in [0.1, 0.15) is 122 Å². The summed E-state index contributed by atoms with van der Waals surface area (Å²) < 4.78 is 5.25. The SMILES string of the molecule is CCCCCCCCCCCCCCCCCOC(=O)C(N)CCCCN. The molecule has 0 aromatic carbocycles. The van der Waals surface area contributed by atoms with E-state index in [2.05, 4.69) is 6.92 Å². The first-order chi connectivity index (χ1) is 13.2. The number of carbonyl (C=O) groups excluding carboxylic acids is 1. The Morgan fingerprint density at radius 1 is 0.704 bits per heavy atom. The second-order valence-corrected chi connectivity index (χ2v) is 8.01. The lowest BCUT2D eigenvalue weighted by Crippen LogP contribution is -2.32. The third-order valence-corrected chi connectivity index (χ3v) is 5.26. The number of hydrogen-bond donors (Lipinski definition) is 2. The van der Waals surface area contributed by atoms with Gasteiger partial charge in [0.1, 0.15) is 6.04 Å². The van der Waals surface area contributed by atoms with E-state index in [4.69, 9.17) is 16.2 Å². The van der Waals surface area contributed by atoms with Gasteiger partial charge in [-0.25, -0.2) is 0 Å². The highest BCUT2D eigenvalue weighted by Gasteiger charge is 2.13. The Morgan fingerprint density at radius 3 is 1.59 bits per heavy atom. The average molecular weight is 385 g/mol. The summed E-state index contributed by atoms with van der Waals surface area (Å²) in [6.45, 7) is 3.44. The van der Waals surface area contributed by atoms with Crippen molar-refractivity contribution in [3.8, 4) is 0 Å². The number of rotatable bonds is 21. The average Bonchev–Trinajstić information content (AvgIpc) is 2.67. The van der Waals surface area contributed by atoms with Crippen molar-refractivity contribution in [2.45, 2.75) is 129 Å². The third-order valence-electron chi connectivity index (χ3n) is 5.26. The molecule has 27 heavy (non-hydrogen) atoms. The van der Waals surface area contributed by atoms with Gasteiger partial charge in [0.2, 0.25) is 0 Å². The number of unbranched alkanes of at least 4 members (excludes halogenated alkanes) is 15. The molecule has 0 saturated heterocycles. The van der Waals surface area contributed by atoms with E-state index in [1.165, 1.54) is 83.5 Å². The van der Waals surface area contributed by atoms with Gasteiger partial charge in [0.25, 0.3) is 0 Å². The van der Waals surface area contributed by atoms with Crippen molar-refractivity contribution in [2.24, 2.45) is 11.5 Å². The highest BCUT2D eigenvalue weighted by Crippen LogP contribution is 2.13. The molecule has 0 amide bonds. The number of carbonyl (C=O) groups is 1. The lowest BCUT2D eigenvalue weighted by Gasteiger charge is -2.11. The summed E-state index contributed by atoms with van der Waals surface area (Å²) in [6.07, 6.45) is 22.6. The van der Waals surface area contributed by atoms with Gasteiger partial charge in [-0.3, -0.25) is 4.79 Å². The van der Waals surface area contributed by atoms with Crippen LogP contribution in [0.25, 0.3) is 0 Å². The summed E-state index contributed by atoms with van der Waals surface area (Å²) in [5, 5.41) is 0. The van der Waals surface area contributed by atoms with Gasteiger partial charge in [-0.05, 0) is 25.8 Å². The van der Waals surface area contributed by atoms with Gasteiger partial charge in [-0.15, -0.1) is 0 Å². The van der Waals surface area contributed by atoms with Crippen LogP contribution in [0.2, 0.25) is 0 Å². The summed E-state index contributed by atoms with van der Waals surface area (Å²) in [6, 6.07) is -0.479. The van der Waals surface area contributed by atoms with Crippen LogP contribution in [0.4, 0.5) is 0 Å². The third kappa shape index (κ3) is 19.9. The first-order valence-electron chi connectivity index (χ1n) is 11.8. The van der Waals surface area contributed by atoms with Gasteiger partial charge in [0.05, 0.1) is 6.61 Å². The van der Waals surface area contributed by atoms with Crippen molar-refractivity contribution >= 4 is 5.97 Å². The van der Waals surface area contributed by atoms with Crippen LogP contribution in [0.3, 0.4) is 0 Å². The Bertz CT molecular complexity index is 311. The smallest absolute Gasteiger partial charge is 0.322 e. The van der Waals surface area contributed by atoms with Gasteiger partial charge in [0, 0.05) is 0 Å². The molecule has 1 atom stereocenters. The van der Waals surface area contributed by atoms with Crippen molar-refractivity contribution in [2.75, 3.05) is 13.2 Å². The van der Waals surface area contributed by atoms with Crippen LogP contribution in [-0.4, -0.2) is 25.2 Å². The van der Waals surface area contributed by atoms with E-state index in [-0.39, 0.29) is 5.97 Å². The minimum Gasteiger partial charge on any atom is -0.465 e. The maximum absolute atomic E-state index is 11.7. The predicted octanol–water partition coefficient (Wildman–Crippen LogP) is 5.86. The highest BCUT2D eigenvalue weighted by atomic mass is 16.5. The van der Waals surface area contributed by atoms with Crippen LogP contribution in [-0.2, 0) is 9.53 Å². The zero-order valence-electron chi connectivity index (χ0n) is 18.2. The Hall–Kier alpha value is -0.610. The molecule has 0 spiro atoms. The van der Waals surface area contributed by atoms with Gasteiger partial charge in [0.15, 0.2) is 0 Å². The number of ether oxygens (including phenoxy) is 1. The van der Waals surface area contributed by atoms with Gasteiger partial charge < -0.3 is 16.2 Å². The molecule has 4 nitrogen and oxygen atoms in total. The Morgan fingerprint density at radius 2 is 1.15 bits per heavy atom. The molecule has 0 aliphatic rings. The monoisotopic (exact) mass is 384 g/mol. The second kappa shape index (κ2) is 21.7. The largest absolute Gasteiger partial charge is 0.465 e. The topological polar surface area (TPSA) is 78.3 Å². The normalized spacial score (nSPS) is 12.3. The van der Waals surface area contributed by atoms with Crippen molar-refractivity contribution in [3.05, 3.63) is 0 Å². The molecule has 0 saturated carbocycles. The number of nitrogens with two attached hydrogens (primary N) is 2. The lowest BCUT2D eigenvalue weighted by molar-refractivity contribution is -0.145. The van der Waals surface area contributed by atoms with Gasteiger partial charge in [-0.1, -0.05) is 103 Å². The number of esters is 1. The van der Waals surface area contributed by atoms with E-state index in [1.54, 1.807) is 0 Å². The fourth-order valence-corrected chi connectivity index (χ4v) is 3.38. The first-order valence-corrected chi connectivity index (χ1v) is 11.8. The fourth-order valence-electron chi connectivity index (χ4n) is 3.38. The highest BCUT2D eigenvalue weighted by molar-refractivity contribution is 5.75. The predicted molar refractivity (Wildman–Crippen MR) is 117 cm³/mol. The van der Waals surface area contributed by atoms with Crippen molar-refractivity contribution in [3.63, 3.8) is 0 Å². The molecule has 0 aromatic heterocycles. The van der Waals surface area contributed by atoms with Crippen molar-refractivity contribution in [1.29, 1.82) is 0 Å². The van der Waals surface area contributed by atoms with E-state index in [0.717, 1.165) is 25.7 Å². The summed E-state index contributed by atoms with van der Waals surface area (Å²) >= 11 is 0. The summed E-state index contributed by atoms with van der Waals surface area (Å²) in [7, 11) is 0. The Labute approximate surface area is 169 Å². The van der Waals surface area contributed by atoms with E-state index >= 15 is 0 Å². The van der Waals surface area contributed by atoms with Crippen LogP contribution in [0.5, 0.6) is 0 Å². The maximum atomic E-state index is 11.7. The Balaban J connectivity index is 3.19. The molecule has 0 aromatic rings. The molecule has 4 heteroatoms. The summed E-state index contributed by atoms with van der Waals surface area (Å²) in [4.78, 5) is 11.7. The van der Waals surface area contributed by atoms with Crippen molar-refractivity contribution < 1.29 is 9.53 Å². The van der Waals surface area contributed by atoms with Crippen LogP contribution in [0, 0.1) is 0 Å². The zero-order valence-corrected chi connectivity index (χ0v) is 18.2. The molecule has 0 heterocycles. The second-order valence-electron chi connectivity index (χ2n) is 8.01. The molecule has 0 bridgehead atoms. The molecule has 162 valence electrons. The maximum Gasteiger partial charge on any atom is 0.322 e. The van der Waals surface area contributed by atoms with Crippen LogP contribution in [0.15, 0.2) is 0 Å². The number of hydrogen-bond acceptors (Lipinski definition) is 4. The summed E-state index contributed by atoms with van der Waals surface area (Å²) in [5.41, 5.74) is 11.2. The quantitative estimate of drug-likeness (QED) is 0.192. The molecule has 1 unspecified atom stereocenters.